The first-order chi connectivity index (χ1) is 9.70. The number of rotatable bonds is 7. The van der Waals surface area contributed by atoms with E-state index in [1.54, 1.807) is 7.11 Å². The molecule has 0 radical (unpaired) electrons. The molecule has 0 amide bonds. The maximum atomic E-state index is 5.13. The number of ether oxygens (including phenoxy) is 1. The molecule has 0 aliphatic heterocycles. The third-order valence-electron chi connectivity index (χ3n) is 4.36. The SMILES string of the molecule is COCCCn1cc(C)nc1NC(C)C1CCCCC1. The van der Waals surface area contributed by atoms with Gasteiger partial charge in [-0.05, 0) is 39.0 Å². The summed E-state index contributed by atoms with van der Waals surface area (Å²) in [5, 5.41) is 3.64. The lowest BCUT2D eigenvalue weighted by Gasteiger charge is -2.28. The predicted molar refractivity (Wildman–Crippen MR) is 83.1 cm³/mol. The van der Waals surface area contributed by atoms with Gasteiger partial charge >= 0.3 is 0 Å². The smallest absolute Gasteiger partial charge is 0.203 e. The number of anilines is 1. The summed E-state index contributed by atoms with van der Waals surface area (Å²) in [6.45, 7) is 6.13. The molecule has 4 nitrogen and oxygen atoms in total. The van der Waals surface area contributed by atoms with Gasteiger partial charge in [-0.3, -0.25) is 0 Å². The fraction of sp³-hybridized carbons (Fsp3) is 0.812. The fourth-order valence-corrected chi connectivity index (χ4v) is 3.17. The normalized spacial score (nSPS) is 18.1. The molecule has 0 spiro atoms. The molecule has 0 aromatic carbocycles. The first-order valence-corrected chi connectivity index (χ1v) is 8.00. The van der Waals surface area contributed by atoms with Gasteiger partial charge in [-0.1, -0.05) is 19.3 Å². The molecule has 1 unspecified atom stereocenters. The Balaban J connectivity index is 1.93. The minimum atomic E-state index is 0.512. The Morgan fingerprint density at radius 3 is 2.85 bits per heavy atom. The highest BCUT2D eigenvalue weighted by Gasteiger charge is 2.21. The Bertz CT molecular complexity index is 396. The number of imidazole rings is 1. The molecule has 1 aromatic rings. The quantitative estimate of drug-likeness (QED) is 0.775. The van der Waals surface area contributed by atoms with Crippen molar-refractivity contribution in [3.8, 4) is 0 Å². The van der Waals surface area contributed by atoms with Gasteiger partial charge in [0.15, 0.2) is 0 Å². The lowest BCUT2D eigenvalue weighted by molar-refractivity contribution is 0.190. The standard InChI is InChI=1S/C16H29N3O/c1-13-12-19(10-7-11-20-3)16(17-13)18-14(2)15-8-5-4-6-9-15/h12,14-15H,4-11H2,1-3H3,(H,17,18). The first kappa shape index (κ1) is 15.4. The van der Waals surface area contributed by atoms with Crippen molar-refractivity contribution in [1.29, 1.82) is 0 Å². The van der Waals surface area contributed by atoms with Crippen LogP contribution in [0.15, 0.2) is 6.20 Å². The minimum absolute atomic E-state index is 0.512. The van der Waals surface area contributed by atoms with Gasteiger partial charge in [0.25, 0.3) is 0 Å². The molecule has 4 heteroatoms. The van der Waals surface area contributed by atoms with Crippen LogP contribution in [0.5, 0.6) is 0 Å². The molecule has 1 N–H and O–H groups in total. The van der Waals surface area contributed by atoms with Gasteiger partial charge in [-0.2, -0.15) is 0 Å². The molecule has 114 valence electrons. The lowest BCUT2D eigenvalue weighted by atomic mass is 9.85. The summed E-state index contributed by atoms with van der Waals surface area (Å²) < 4.78 is 7.36. The van der Waals surface area contributed by atoms with E-state index >= 15 is 0 Å². The number of methoxy groups -OCH3 is 1. The summed E-state index contributed by atoms with van der Waals surface area (Å²) in [6, 6.07) is 0.512. The maximum absolute atomic E-state index is 5.13. The Morgan fingerprint density at radius 2 is 2.15 bits per heavy atom. The van der Waals surface area contributed by atoms with Crippen LogP contribution >= 0.6 is 0 Å². The number of hydrogen-bond acceptors (Lipinski definition) is 3. The third-order valence-corrected chi connectivity index (χ3v) is 4.36. The van der Waals surface area contributed by atoms with E-state index in [2.05, 4.69) is 34.9 Å². The van der Waals surface area contributed by atoms with E-state index in [1.807, 2.05) is 0 Å². The average Bonchev–Trinajstić information content (AvgIpc) is 2.80. The van der Waals surface area contributed by atoms with E-state index < -0.39 is 0 Å². The minimum Gasteiger partial charge on any atom is -0.385 e. The van der Waals surface area contributed by atoms with E-state index in [-0.39, 0.29) is 0 Å². The molecule has 1 heterocycles. The van der Waals surface area contributed by atoms with Crippen LogP contribution in [0, 0.1) is 12.8 Å². The van der Waals surface area contributed by atoms with E-state index in [0.29, 0.717) is 6.04 Å². The van der Waals surface area contributed by atoms with E-state index in [4.69, 9.17) is 4.74 Å². The van der Waals surface area contributed by atoms with Crippen molar-refractivity contribution in [1.82, 2.24) is 9.55 Å². The van der Waals surface area contributed by atoms with Crippen molar-refractivity contribution in [3.05, 3.63) is 11.9 Å². The highest BCUT2D eigenvalue weighted by molar-refractivity contribution is 5.30. The molecule has 0 saturated heterocycles. The van der Waals surface area contributed by atoms with E-state index in [1.165, 1.54) is 32.1 Å². The molecular weight excluding hydrogens is 250 g/mol. The van der Waals surface area contributed by atoms with Crippen molar-refractivity contribution in [2.24, 2.45) is 5.92 Å². The second-order valence-electron chi connectivity index (χ2n) is 6.08. The van der Waals surface area contributed by atoms with Gasteiger partial charge in [0.2, 0.25) is 5.95 Å². The van der Waals surface area contributed by atoms with Crippen molar-refractivity contribution in [2.75, 3.05) is 19.0 Å². The van der Waals surface area contributed by atoms with Crippen LogP contribution in [0.4, 0.5) is 5.95 Å². The summed E-state index contributed by atoms with van der Waals surface area (Å²) in [7, 11) is 1.75. The molecule has 1 aliphatic carbocycles. The Kier molecular flexibility index (Phi) is 5.89. The van der Waals surface area contributed by atoms with Gasteiger partial charge in [0, 0.05) is 32.5 Å². The van der Waals surface area contributed by atoms with E-state index in [0.717, 1.165) is 37.1 Å². The maximum Gasteiger partial charge on any atom is 0.203 e. The van der Waals surface area contributed by atoms with Gasteiger partial charge in [0.1, 0.15) is 0 Å². The number of nitrogens with zero attached hydrogens (tertiary/aromatic N) is 2. The second-order valence-corrected chi connectivity index (χ2v) is 6.08. The summed E-state index contributed by atoms with van der Waals surface area (Å²) in [6.07, 6.45) is 10.1. The zero-order chi connectivity index (χ0) is 14.4. The van der Waals surface area contributed by atoms with Gasteiger partial charge < -0.3 is 14.6 Å². The molecule has 0 bridgehead atoms. The van der Waals surface area contributed by atoms with Crippen molar-refractivity contribution >= 4 is 5.95 Å². The first-order valence-electron chi connectivity index (χ1n) is 8.00. The topological polar surface area (TPSA) is 39.1 Å². The highest BCUT2D eigenvalue weighted by atomic mass is 16.5. The lowest BCUT2D eigenvalue weighted by Crippen LogP contribution is -2.29. The van der Waals surface area contributed by atoms with Gasteiger partial charge in [0.05, 0.1) is 5.69 Å². The molecular formula is C16H29N3O. The highest BCUT2D eigenvalue weighted by Crippen LogP contribution is 2.28. The van der Waals surface area contributed by atoms with Crippen molar-refractivity contribution in [2.45, 2.75) is 65.0 Å². The molecule has 2 rings (SSSR count). The van der Waals surface area contributed by atoms with E-state index in [9.17, 15) is 0 Å². The monoisotopic (exact) mass is 279 g/mol. The van der Waals surface area contributed by atoms with Crippen molar-refractivity contribution in [3.63, 3.8) is 0 Å². The largest absolute Gasteiger partial charge is 0.385 e. The molecule has 1 fully saturated rings. The van der Waals surface area contributed by atoms with Crippen LogP contribution in [0.2, 0.25) is 0 Å². The zero-order valence-electron chi connectivity index (χ0n) is 13.2. The Hall–Kier alpha value is -1.03. The number of aromatic nitrogens is 2. The third kappa shape index (κ3) is 4.23. The summed E-state index contributed by atoms with van der Waals surface area (Å²) in [5.41, 5.74) is 1.08. The molecule has 1 aromatic heterocycles. The number of hydrogen-bond donors (Lipinski definition) is 1. The van der Waals surface area contributed by atoms with Crippen LogP contribution in [-0.2, 0) is 11.3 Å². The Morgan fingerprint density at radius 1 is 1.40 bits per heavy atom. The predicted octanol–water partition coefficient (Wildman–Crippen LogP) is 3.61. The number of aryl methyl sites for hydroxylation is 2. The molecule has 1 atom stereocenters. The summed E-state index contributed by atoms with van der Waals surface area (Å²) in [4.78, 5) is 4.64. The van der Waals surface area contributed by atoms with Gasteiger partial charge in [-0.25, -0.2) is 4.98 Å². The van der Waals surface area contributed by atoms with Crippen LogP contribution in [0.3, 0.4) is 0 Å². The fourth-order valence-electron chi connectivity index (χ4n) is 3.17. The zero-order valence-corrected chi connectivity index (χ0v) is 13.2. The Labute approximate surface area is 122 Å². The average molecular weight is 279 g/mol. The van der Waals surface area contributed by atoms with Crippen LogP contribution < -0.4 is 5.32 Å². The summed E-state index contributed by atoms with van der Waals surface area (Å²) >= 11 is 0. The van der Waals surface area contributed by atoms with Crippen LogP contribution in [-0.4, -0.2) is 29.3 Å². The van der Waals surface area contributed by atoms with Crippen molar-refractivity contribution < 1.29 is 4.74 Å². The number of nitrogens with one attached hydrogen (secondary N) is 1. The van der Waals surface area contributed by atoms with Gasteiger partial charge in [-0.15, -0.1) is 0 Å². The van der Waals surface area contributed by atoms with Crippen LogP contribution in [0.25, 0.3) is 0 Å². The molecule has 1 saturated carbocycles. The second kappa shape index (κ2) is 7.67. The molecule has 20 heavy (non-hydrogen) atoms. The summed E-state index contributed by atoms with van der Waals surface area (Å²) in [5.74, 6) is 1.82. The van der Waals surface area contributed by atoms with Crippen LogP contribution in [0.1, 0.15) is 51.1 Å². The molecule has 1 aliphatic rings.